The van der Waals surface area contributed by atoms with Gasteiger partial charge in [-0.3, -0.25) is 4.98 Å². The van der Waals surface area contributed by atoms with Crippen molar-refractivity contribution in [3.8, 4) is 22.4 Å². The monoisotopic (exact) mass is 382 g/mol. The van der Waals surface area contributed by atoms with Gasteiger partial charge in [0, 0.05) is 18.7 Å². The van der Waals surface area contributed by atoms with Gasteiger partial charge in [0.1, 0.15) is 7.05 Å². The number of aryl methyl sites for hydroxylation is 1. The SMILES string of the molecule is [2H]c1c(C)[n+](C)c(-c2cc(-c3ccccc3)cc(C)c2C)c2ccc(C(C)C)nc12. The van der Waals surface area contributed by atoms with Crippen LogP contribution in [0.15, 0.2) is 60.6 Å². The van der Waals surface area contributed by atoms with E-state index >= 15 is 0 Å². The van der Waals surface area contributed by atoms with E-state index < -0.39 is 0 Å². The number of fused-ring (bicyclic) bond motifs is 1. The molecular formula is C27H29N2+. The molecule has 0 amide bonds. The maximum atomic E-state index is 8.72. The van der Waals surface area contributed by atoms with E-state index in [0.29, 0.717) is 12.0 Å². The fraction of sp³-hybridized carbons (Fsp3) is 0.259. The Hall–Kier alpha value is -3.00. The Morgan fingerprint density at radius 3 is 2.34 bits per heavy atom. The molecule has 146 valence electrons. The smallest absolute Gasteiger partial charge is 0.222 e. The molecule has 0 radical (unpaired) electrons. The highest BCUT2D eigenvalue weighted by Gasteiger charge is 2.22. The predicted molar refractivity (Wildman–Crippen MR) is 122 cm³/mol. The number of benzene rings is 2. The van der Waals surface area contributed by atoms with Crippen molar-refractivity contribution in [3.63, 3.8) is 0 Å². The second-order valence-corrected chi connectivity index (χ2v) is 8.24. The normalized spacial score (nSPS) is 11.9. The third-order valence-electron chi connectivity index (χ3n) is 5.93. The van der Waals surface area contributed by atoms with Crippen LogP contribution in [0.2, 0.25) is 0 Å². The summed E-state index contributed by atoms with van der Waals surface area (Å²) in [7, 11) is 2.06. The molecule has 29 heavy (non-hydrogen) atoms. The van der Waals surface area contributed by atoms with Crippen LogP contribution >= 0.6 is 0 Å². The Kier molecular flexibility index (Phi) is 4.63. The molecule has 0 saturated heterocycles. The van der Waals surface area contributed by atoms with Crippen molar-refractivity contribution in [1.29, 1.82) is 0 Å². The molecule has 2 nitrogen and oxygen atoms in total. The van der Waals surface area contributed by atoms with Gasteiger partial charge in [-0.05, 0) is 60.2 Å². The van der Waals surface area contributed by atoms with Crippen LogP contribution in [0.1, 0.15) is 43.7 Å². The topological polar surface area (TPSA) is 16.8 Å². The van der Waals surface area contributed by atoms with Gasteiger partial charge in [0.2, 0.25) is 5.69 Å². The summed E-state index contributed by atoms with van der Waals surface area (Å²) in [4.78, 5) is 4.89. The standard InChI is InChI=1S/C27H29N2/c1-17(2)25-13-12-23-26(28-25)15-19(4)29(6)27(23)24-16-22(14-18(3)20(24)5)21-10-8-7-9-11-21/h7-17H,1-6H3/q+1/i15D. The number of hydrogen-bond acceptors (Lipinski definition) is 1. The van der Waals surface area contributed by atoms with E-state index in [1.807, 2.05) is 13.0 Å². The summed E-state index contributed by atoms with van der Waals surface area (Å²) in [5.74, 6) is 0.330. The minimum atomic E-state index is 0.330. The molecule has 0 saturated carbocycles. The van der Waals surface area contributed by atoms with E-state index in [4.69, 9.17) is 6.35 Å². The summed E-state index contributed by atoms with van der Waals surface area (Å²) in [6.45, 7) is 10.7. The third-order valence-corrected chi connectivity index (χ3v) is 5.93. The lowest BCUT2D eigenvalue weighted by atomic mass is 9.92. The molecule has 4 rings (SSSR count). The van der Waals surface area contributed by atoms with Gasteiger partial charge in [0.05, 0.1) is 17.8 Å². The van der Waals surface area contributed by atoms with Gasteiger partial charge in [-0.15, -0.1) is 0 Å². The molecular weight excluding hydrogens is 352 g/mol. The summed E-state index contributed by atoms with van der Waals surface area (Å²) in [5.41, 5.74) is 10.0. The zero-order chi connectivity index (χ0) is 21.6. The van der Waals surface area contributed by atoms with Crippen molar-refractivity contribution in [3.05, 3.63) is 83.2 Å². The zero-order valence-electron chi connectivity index (χ0n) is 19.2. The number of pyridine rings is 2. The zero-order valence-corrected chi connectivity index (χ0v) is 18.2. The van der Waals surface area contributed by atoms with Gasteiger partial charge in [0.25, 0.3) is 0 Å². The van der Waals surface area contributed by atoms with Crippen molar-refractivity contribution in [2.24, 2.45) is 7.05 Å². The molecule has 0 aliphatic rings. The van der Waals surface area contributed by atoms with Crippen LogP contribution in [0, 0.1) is 20.8 Å². The van der Waals surface area contributed by atoms with E-state index in [9.17, 15) is 0 Å². The fourth-order valence-corrected chi connectivity index (χ4v) is 3.91. The van der Waals surface area contributed by atoms with E-state index in [1.165, 1.54) is 27.8 Å². The van der Waals surface area contributed by atoms with Crippen LogP contribution in [0.4, 0.5) is 0 Å². The summed E-state index contributed by atoms with van der Waals surface area (Å²) >= 11 is 0. The van der Waals surface area contributed by atoms with E-state index in [0.717, 1.165) is 28.0 Å². The molecule has 0 atom stereocenters. The van der Waals surface area contributed by atoms with Crippen LogP contribution in [-0.2, 0) is 7.05 Å². The first-order valence-corrected chi connectivity index (χ1v) is 10.3. The van der Waals surface area contributed by atoms with Crippen molar-refractivity contribution < 1.29 is 5.94 Å². The first-order chi connectivity index (χ1) is 14.3. The van der Waals surface area contributed by atoms with Gasteiger partial charge in [-0.25, -0.2) is 0 Å². The Balaban J connectivity index is 2.08. The number of hydrogen-bond donors (Lipinski definition) is 0. The molecule has 0 unspecified atom stereocenters. The number of rotatable bonds is 3. The average Bonchev–Trinajstić information content (AvgIpc) is 2.75. The summed E-state index contributed by atoms with van der Waals surface area (Å²) in [5, 5.41) is 1.03. The van der Waals surface area contributed by atoms with E-state index in [2.05, 4.69) is 87.8 Å². The summed E-state index contributed by atoms with van der Waals surface area (Å²) < 4.78 is 10.9. The number of nitrogens with zero attached hydrogens (tertiary/aromatic N) is 2. The lowest BCUT2D eigenvalue weighted by Crippen LogP contribution is -2.35. The van der Waals surface area contributed by atoms with Crippen LogP contribution in [0.5, 0.6) is 0 Å². The Morgan fingerprint density at radius 2 is 1.66 bits per heavy atom. The molecule has 0 fully saturated rings. The van der Waals surface area contributed by atoms with Gasteiger partial charge >= 0.3 is 0 Å². The predicted octanol–water partition coefficient (Wildman–Crippen LogP) is 6.44. The van der Waals surface area contributed by atoms with Crippen molar-refractivity contribution in [2.75, 3.05) is 0 Å². The van der Waals surface area contributed by atoms with Crippen molar-refractivity contribution in [2.45, 2.75) is 40.5 Å². The van der Waals surface area contributed by atoms with Gasteiger partial charge < -0.3 is 0 Å². The maximum Gasteiger partial charge on any atom is 0.222 e. The molecule has 0 aliphatic heterocycles. The van der Waals surface area contributed by atoms with Crippen LogP contribution in [0.3, 0.4) is 0 Å². The largest absolute Gasteiger partial charge is 0.252 e. The second-order valence-electron chi connectivity index (χ2n) is 8.24. The molecule has 2 heteroatoms. The third kappa shape index (κ3) is 3.44. The Labute approximate surface area is 175 Å². The highest BCUT2D eigenvalue weighted by molar-refractivity contribution is 5.93. The molecule has 4 aromatic rings. The van der Waals surface area contributed by atoms with Crippen LogP contribution in [-0.4, -0.2) is 4.98 Å². The number of aromatic nitrogens is 2. The molecule has 0 aliphatic carbocycles. The highest BCUT2D eigenvalue weighted by Crippen LogP contribution is 2.34. The quantitative estimate of drug-likeness (QED) is 0.372. The van der Waals surface area contributed by atoms with E-state index in [1.54, 1.807) is 0 Å². The van der Waals surface area contributed by atoms with Gasteiger partial charge in [-0.2, -0.15) is 4.57 Å². The maximum absolute atomic E-state index is 8.72. The fourth-order valence-electron chi connectivity index (χ4n) is 3.91. The molecule has 2 aromatic carbocycles. The summed E-state index contributed by atoms with van der Waals surface area (Å²) in [6.07, 6.45) is 0. The molecule has 0 N–H and O–H groups in total. The lowest BCUT2D eigenvalue weighted by Gasteiger charge is -2.14. The van der Waals surface area contributed by atoms with Crippen molar-refractivity contribution >= 4 is 10.9 Å². The van der Waals surface area contributed by atoms with Crippen molar-refractivity contribution in [1.82, 2.24) is 4.98 Å². The van der Waals surface area contributed by atoms with Crippen LogP contribution in [0.25, 0.3) is 33.3 Å². The lowest BCUT2D eigenvalue weighted by molar-refractivity contribution is -0.665. The molecule has 0 bridgehead atoms. The highest BCUT2D eigenvalue weighted by atomic mass is 15.0. The minimum absolute atomic E-state index is 0.330. The summed E-state index contributed by atoms with van der Waals surface area (Å²) in [6, 6.07) is 19.8. The minimum Gasteiger partial charge on any atom is -0.252 e. The van der Waals surface area contributed by atoms with Gasteiger partial charge in [-0.1, -0.05) is 50.2 Å². The Morgan fingerprint density at radius 1 is 0.931 bits per heavy atom. The van der Waals surface area contributed by atoms with Crippen LogP contribution < -0.4 is 4.57 Å². The molecule has 2 aromatic heterocycles. The molecule has 0 spiro atoms. The second kappa shape index (κ2) is 7.44. The van der Waals surface area contributed by atoms with E-state index in [-0.39, 0.29) is 0 Å². The molecule has 2 heterocycles. The Bertz CT molecular complexity index is 1260. The first kappa shape index (κ1) is 18.1. The van der Waals surface area contributed by atoms with Gasteiger partial charge in [0.15, 0.2) is 5.69 Å². The first-order valence-electron chi connectivity index (χ1n) is 10.8. The average molecular weight is 383 g/mol.